The van der Waals surface area contributed by atoms with Crippen LogP contribution >= 0.6 is 0 Å². The molecule has 1 rings (SSSR count). The number of hydrogen-bond donors (Lipinski definition) is 3. The first-order valence-corrected chi connectivity index (χ1v) is 6.66. The Bertz CT molecular complexity index is 478. The topological polar surface area (TPSA) is 98.3 Å². The van der Waals surface area contributed by atoms with Crippen molar-refractivity contribution < 1.29 is 4.79 Å². The van der Waals surface area contributed by atoms with Gasteiger partial charge in [0, 0.05) is 28.2 Å². The maximum atomic E-state index is 11.6. The van der Waals surface area contributed by atoms with Gasteiger partial charge in [0.05, 0.1) is 6.67 Å². The third-order valence-electron chi connectivity index (χ3n) is 2.73. The second kappa shape index (κ2) is 7.58. The number of carbonyl (C=O) groups excluding carboxylic acids is 1. The van der Waals surface area contributed by atoms with Crippen LogP contribution in [-0.2, 0) is 4.79 Å². The third kappa shape index (κ3) is 4.71. The van der Waals surface area contributed by atoms with E-state index in [1.807, 2.05) is 33.1 Å². The van der Waals surface area contributed by atoms with Gasteiger partial charge in [0.15, 0.2) is 0 Å². The number of nitrogens with one attached hydrogen (secondary N) is 3. The van der Waals surface area contributed by atoms with E-state index in [9.17, 15) is 4.79 Å². The number of carbonyl (C=O) groups is 1. The van der Waals surface area contributed by atoms with Gasteiger partial charge in [-0.3, -0.25) is 4.79 Å². The van der Waals surface area contributed by atoms with Crippen LogP contribution < -0.4 is 25.8 Å². The smallest absolute Gasteiger partial charge is 0.242 e. The molecule has 0 aliphatic rings. The minimum absolute atomic E-state index is 0.132. The zero-order valence-corrected chi connectivity index (χ0v) is 13.4. The van der Waals surface area contributed by atoms with Crippen molar-refractivity contribution >= 4 is 23.8 Å². The summed E-state index contributed by atoms with van der Waals surface area (Å²) in [4.78, 5) is 28.2. The van der Waals surface area contributed by atoms with E-state index in [2.05, 4.69) is 30.9 Å². The summed E-state index contributed by atoms with van der Waals surface area (Å²) in [5, 5.41) is 8.58. The number of aromatic nitrogens is 3. The average Bonchev–Trinajstić information content (AvgIpc) is 2.46. The fourth-order valence-corrected chi connectivity index (χ4v) is 1.57. The van der Waals surface area contributed by atoms with Crippen molar-refractivity contribution in [2.45, 2.75) is 13.0 Å². The average molecular weight is 296 g/mol. The van der Waals surface area contributed by atoms with Crippen LogP contribution in [0.1, 0.15) is 6.92 Å². The Hall–Kier alpha value is -2.16. The molecule has 1 aromatic heterocycles. The monoisotopic (exact) mass is 296 g/mol. The molecule has 1 atom stereocenters. The van der Waals surface area contributed by atoms with Crippen molar-refractivity contribution in [2.75, 3.05) is 57.0 Å². The summed E-state index contributed by atoms with van der Waals surface area (Å²) >= 11 is 0. The van der Waals surface area contributed by atoms with Crippen molar-refractivity contribution in [3.05, 3.63) is 0 Å². The van der Waals surface area contributed by atoms with Crippen LogP contribution in [0.25, 0.3) is 0 Å². The first-order valence-electron chi connectivity index (χ1n) is 6.66. The summed E-state index contributed by atoms with van der Waals surface area (Å²) in [5.74, 6) is 1.28. The maximum Gasteiger partial charge on any atom is 0.242 e. The van der Waals surface area contributed by atoms with E-state index in [0.29, 0.717) is 24.5 Å². The molecule has 0 saturated heterocycles. The summed E-state index contributed by atoms with van der Waals surface area (Å²) < 4.78 is 0. The van der Waals surface area contributed by atoms with Crippen LogP contribution in [0.15, 0.2) is 0 Å². The lowest BCUT2D eigenvalue weighted by molar-refractivity contribution is -0.121. The number of hydrogen-bond acceptors (Lipinski definition) is 8. The van der Waals surface area contributed by atoms with Gasteiger partial charge in [0.25, 0.3) is 0 Å². The highest BCUT2D eigenvalue weighted by Crippen LogP contribution is 2.14. The van der Waals surface area contributed by atoms with E-state index < -0.39 is 6.04 Å². The molecule has 9 heteroatoms. The highest BCUT2D eigenvalue weighted by molar-refractivity contribution is 5.83. The van der Waals surface area contributed by atoms with Crippen LogP contribution in [0, 0.1) is 0 Å². The summed E-state index contributed by atoms with van der Waals surface area (Å²) in [7, 11) is 9.01. The minimum Gasteiger partial charge on any atom is -0.357 e. The molecule has 0 radical (unpaired) electrons. The quantitative estimate of drug-likeness (QED) is 0.557. The first-order chi connectivity index (χ1) is 9.88. The molecule has 21 heavy (non-hydrogen) atoms. The first kappa shape index (κ1) is 16.9. The summed E-state index contributed by atoms with van der Waals surface area (Å²) in [6.07, 6.45) is 0. The van der Waals surface area contributed by atoms with Crippen molar-refractivity contribution in [3.63, 3.8) is 0 Å². The largest absolute Gasteiger partial charge is 0.357 e. The molecule has 0 saturated carbocycles. The SMILES string of the molecule is CNCN(C)c1nc(NC(C)C(=O)NC)nc(N(C)C)n1. The molecule has 3 N–H and O–H groups in total. The fraction of sp³-hybridized carbons (Fsp3) is 0.667. The van der Waals surface area contributed by atoms with E-state index in [0.717, 1.165) is 0 Å². The number of nitrogens with zero attached hydrogens (tertiary/aromatic N) is 5. The van der Waals surface area contributed by atoms with Gasteiger partial charge >= 0.3 is 0 Å². The minimum atomic E-state index is -0.435. The summed E-state index contributed by atoms with van der Waals surface area (Å²) in [6.45, 7) is 2.34. The lowest BCUT2D eigenvalue weighted by atomic mass is 10.3. The van der Waals surface area contributed by atoms with Gasteiger partial charge < -0.3 is 25.8 Å². The normalized spacial score (nSPS) is 11.7. The van der Waals surface area contributed by atoms with Gasteiger partial charge in [-0.05, 0) is 14.0 Å². The molecule has 1 unspecified atom stereocenters. The molecule has 0 aromatic carbocycles. The highest BCUT2D eigenvalue weighted by atomic mass is 16.2. The lowest BCUT2D eigenvalue weighted by Crippen LogP contribution is -2.36. The maximum absolute atomic E-state index is 11.6. The van der Waals surface area contributed by atoms with Crippen molar-refractivity contribution in [3.8, 4) is 0 Å². The predicted octanol–water partition coefficient (Wildman–Crippen LogP) is -0.903. The van der Waals surface area contributed by atoms with Crippen molar-refractivity contribution in [1.82, 2.24) is 25.6 Å². The number of rotatable bonds is 7. The molecule has 0 fully saturated rings. The third-order valence-corrected chi connectivity index (χ3v) is 2.73. The molecule has 118 valence electrons. The molecule has 0 aliphatic heterocycles. The number of likely N-dealkylation sites (N-methyl/N-ethyl adjacent to an activating group) is 1. The van der Waals surface area contributed by atoms with Crippen LogP contribution in [0.4, 0.5) is 17.8 Å². The zero-order chi connectivity index (χ0) is 16.0. The Morgan fingerprint density at radius 2 is 1.76 bits per heavy atom. The molecular weight excluding hydrogens is 272 g/mol. The molecular formula is C12H24N8O. The summed E-state index contributed by atoms with van der Waals surface area (Å²) in [5.41, 5.74) is 0. The van der Waals surface area contributed by atoms with Gasteiger partial charge in [-0.1, -0.05) is 0 Å². The van der Waals surface area contributed by atoms with Gasteiger partial charge in [0.2, 0.25) is 23.8 Å². The van der Waals surface area contributed by atoms with E-state index in [1.165, 1.54) is 0 Å². The standard InChI is InChI=1S/C12H24N8O/c1-8(9(21)14-3)15-10-16-11(19(4)5)18-12(17-10)20(6)7-13-2/h8,13H,7H2,1-6H3,(H,14,21)(H,15,16,17,18). The molecule has 9 nitrogen and oxygen atoms in total. The van der Waals surface area contributed by atoms with Crippen LogP contribution in [0.5, 0.6) is 0 Å². The second-order valence-electron chi connectivity index (χ2n) is 4.84. The van der Waals surface area contributed by atoms with E-state index in [4.69, 9.17) is 0 Å². The predicted molar refractivity (Wildman–Crippen MR) is 83.6 cm³/mol. The molecule has 1 heterocycles. The Balaban J connectivity index is 3.05. The number of anilines is 3. The van der Waals surface area contributed by atoms with Crippen LogP contribution in [-0.4, -0.2) is 68.8 Å². The van der Waals surface area contributed by atoms with E-state index in [-0.39, 0.29) is 5.91 Å². The molecule has 0 aliphatic carbocycles. The highest BCUT2D eigenvalue weighted by Gasteiger charge is 2.16. The van der Waals surface area contributed by atoms with Crippen LogP contribution in [0.2, 0.25) is 0 Å². The Morgan fingerprint density at radius 1 is 1.14 bits per heavy atom. The Labute approximate surface area is 125 Å². The second-order valence-corrected chi connectivity index (χ2v) is 4.84. The van der Waals surface area contributed by atoms with Gasteiger partial charge in [-0.25, -0.2) is 0 Å². The lowest BCUT2D eigenvalue weighted by Gasteiger charge is -2.20. The summed E-state index contributed by atoms with van der Waals surface area (Å²) in [6, 6.07) is -0.435. The van der Waals surface area contributed by atoms with Crippen molar-refractivity contribution in [1.29, 1.82) is 0 Å². The Morgan fingerprint density at radius 3 is 2.29 bits per heavy atom. The van der Waals surface area contributed by atoms with E-state index >= 15 is 0 Å². The molecule has 0 bridgehead atoms. The fourth-order valence-electron chi connectivity index (χ4n) is 1.57. The van der Waals surface area contributed by atoms with Gasteiger partial charge in [-0.15, -0.1) is 0 Å². The number of amides is 1. The van der Waals surface area contributed by atoms with Crippen LogP contribution in [0.3, 0.4) is 0 Å². The molecule has 1 aromatic rings. The Kier molecular flexibility index (Phi) is 6.10. The zero-order valence-electron chi connectivity index (χ0n) is 13.4. The van der Waals surface area contributed by atoms with E-state index in [1.54, 1.807) is 18.9 Å². The van der Waals surface area contributed by atoms with Crippen molar-refractivity contribution in [2.24, 2.45) is 0 Å². The van der Waals surface area contributed by atoms with Gasteiger partial charge in [0.1, 0.15) is 6.04 Å². The molecule has 1 amide bonds. The molecule has 0 spiro atoms. The van der Waals surface area contributed by atoms with Gasteiger partial charge in [-0.2, -0.15) is 15.0 Å².